The van der Waals surface area contributed by atoms with Crippen LogP contribution in [-0.2, 0) is 0 Å². The van der Waals surface area contributed by atoms with E-state index in [1.807, 2.05) is 91.0 Å². The molecule has 0 saturated heterocycles. The molecule has 0 atom stereocenters. The van der Waals surface area contributed by atoms with E-state index in [9.17, 15) is 15.8 Å². The van der Waals surface area contributed by atoms with Crippen LogP contribution in [0, 0.1) is 34.0 Å². The van der Waals surface area contributed by atoms with Crippen LogP contribution in [0.4, 0.5) is 0 Å². The highest BCUT2D eigenvalue weighted by Gasteiger charge is 2.20. The topological polar surface area (TPSA) is 81.2 Å². The van der Waals surface area contributed by atoms with E-state index in [0.29, 0.717) is 16.7 Å². The maximum atomic E-state index is 10.4. The van der Waals surface area contributed by atoms with Crippen LogP contribution in [0.1, 0.15) is 16.7 Å². The molecule has 0 aliphatic heterocycles. The average molecular weight is 636 g/mol. The number of hydrogen-bond acceptors (Lipinski definition) is 3. The fourth-order valence-electron chi connectivity index (χ4n) is 7.43. The van der Waals surface area contributed by atoms with E-state index in [2.05, 4.69) is 88.0 Å². The molecule has 0 fully saturated rings. The first-order chi connectivity index (χ1) is 24.7. The van der Waals surface area contributed by atoms with Crippen LogP contribution in [0.3, 0.4) is 0 Å². The molecule has 5 nitrogen and oxygen atoms in total. The van der Waals surface area contributed by atoms with Crippen molar-refractivity contribution in [3.05, 3.63) is 168 Å². The van der Waals surface area contributed by atoms with Crippen molar-refractivity contribution >= 4 is 43.6 Å². The fourth-order valence-corrected chi connectivity index (χ4v) is 7.43. The molecular weight excluding hydrogens is 611 g/mol. The van der Waals surface area contributed by atoms with Gasteiger partial charge in [0.1, 0.15) is 12.1 Å². The molecule has 7 aromatic carbocycles. The second kappa shape index (κ2) is 11.4. The number of aromatic nitrogens is 2. The van der Waals surface area contributed by atoms with Gasteiger partial charge in [0.15, 0.2) is 0 Å². The number of nitrogens with zero attached hydrogens (tertiary/aromatic N) is 5. The van der Waals surface area contributed by atoms with E-state index in [0.717, 1.165) is 77.2 Å². The van der Waals surface area contributed by atoms with Crippen LogP contribution in [0.2, 0.25) is 0 Å². The van der Waals surface area contributed by atoms with Crippen molar-refractivity contribution in [3.8, 4) is 51.8 Å². The molecule has 0 saturated carbocycles. The number of rotatable bonds is 4. The number of nitriles is 3. The minimum Gasteiger partial charge on any atom is -0.308 e. The molecule has 5 heteroatoms. The van der Waals surface area contributed by atoms with Crippen molar-refractivity contribution in [1.29, 1.82) is 15.8 Å². The van der Waals surface area contributed by atoms with Gasteiger partial charge in [-0.15, -0.1) is 0 Å². The summed E-state index contributed by atoms with van der Waals surface area (Å²) in [5.74, 6) is 0. The first-order valence-corrected chi connectivity index (χ1v) is 16.3. The molecule has 0 radical (unpaired) electrons. The monoisotopic (exact) mass is 635 g/mol. The Bertz CT molecular complexity index is 2920. The second-order valence-corrected chi connectivity index (χ2v) is 12.3. The van der Waals surface area contributed by atoms with Crippen molar-refractivity contribution in [2.75, 3.05) is 0 Å². The van der Waals surface area contributed by atoms with Gasteiger partial charge in [0, 0.05) is 27.1 Å². The molecular formula is C45H25N5. The molecule has 0 aliphatic rings. The Kier molecular flexibility index (Phi) is 6.56. The lowest BCUT2D eigenvalue weighted by molar-refractivity contribution is 1.17. The normalized spacial score (nSPS) is 11.1. The molecule has 0 N–H and O–H groups in total. The minimum atomic E-state index is 0.533. The van der Waals surface area contributed by atoms with Crippen LogP contribution in [0.5, 0.6) is 0 Å². The van der Waals surface area contributed by atoms with E-state index in [-0.39, 0.29) is 0 Å². The van der Waals surface area contributed by atoms with Gasteiger partial charge in [-0.2, -0.15) is 15.8 Å². The second-order valence-electron chi connectivity index (χ2n) is 12.3. The smallest absolute Gasteiger partial charge is 0.101 e. The highest BCUT2D eigenvalue weighted by molar-refractivity contribution is 6.11. The SMILES string of the molecule is N#Cc1ccc2c3ccccc3n(-c3cc(-c4cccc(-c5cccc(C#N)c5-n5c6ccccc6c6ccccc65)c4)ccc3C#N)c2c1. The number of fused-ring (bicyclic) bond motifs is 6. The summed E-state index contributed by atoms with van der Waals surface area (Å²) >= 11 is 0. The van der Waals surface area contributed by atoms with Gasteiger partial charge in [0.05, 0.1) is 56.2 Å². The van der Waals surface area contributed by atoms with Gasteiger partial charge in [-0.05, 0) is 71.3 Å². The third-order valence-corrected chi connectivity index (χ3v) is 9.63. The van der Waals surface area contributed by atoms with Gasteiger partial charge in [-0.3, -0.25) is 0 Å². The molecule has 0 unspecified atom stereocenters. The molecule has 230 valence electrons. The van der Waals surface area contributed by atoms with E-state index in [1.165, 1.54) is 0 Å². The van der Waals surface area contributed by atoms with Crippen LogP contribution in [-0.4, -0.2) is 9.13 Å². The molecule has 2 heterocycles. The summed E-state index contributed by atoms with van der Waals surface area (Å²) < 4.78 is 4.30. The van der Waals surface area contributed by atoms with Gasteiger partial charge < -0.3 is 9.13 Å². The predicted molar refractivity (Wildman–Crippen MR) is 200 cm³/mol. The third-order valence-electron chi connectivity index (χ3n) is 9.63. The minimum absolute atomic E-state index is 0.533. The Hall–Kier alpha value is -7.39. The van der Waals surface area contributed by atoms with Crippen molar-refractivity contribution in [2.24, 2.45) is 0 Å². The van der Waals surface area contributed by atoms with Gasteiger partial charge in [0.2, 0.25) is 0 Å². The average Bonchev–Trinajstić information content (AvgIpc) is 3.69. The summed E-state index contributed by atoms with van der Waals surface area (Å²) in [4.78, 5) is 0. The van der Waals surface area contributed by atoms with Crippen molar-refractivity contribution in [2.45, 2.75) is 0 Å². The lowest BCUT2D eigenvalue weighted by Crippen LogP contribution is -2.01. The summed E-state index contributed by atoms with van der Waals surface area (Å²) in [6.45, 7) is 0. The summed E-state index contributed by atoms with van der Waals surface area (Å²) in [6, 6.07) is 57.8. The lowest BCUT2D eigenvalue weighted by Gasteiger charge is -2.17. The van der Waals surface area contributed by atoms with E-state index in [1.54, 1.807) is 0 Å². The van der Waals surface area contributed by atoms with Crippen LogP contribution >= 0.6 is 0 Å². The summed E-state index contributed by atoms with van der Waals surface area (Å²) in [7, 11) is 0. The molecule has 2 aromatic heterocycles. The highest BCUT2D eigenvalue weighted by atomic mass is 15.0. The molecule has 9 aromatic rings. The van der Waals surface area contributed by atoms with Crippen molar-refractivity contribution in [1.82, 2.24) is 9.13 Å². The van der Waals surface area contributed by atoms with E-state index in [4.69, 9.17) is 0 Å². The van der Waals surface area contributed by atoms with Crippen LogP contribution in [0.15, 0.2) is 152 Å². The number of benzene rings is 7. The van der Waals surface area contributed by atoms with Gasteiger partial charge >= 0.3 is 0 Å². The van der Waals surface area contributed by atoms with Gasteiger partial charge in [-0.1, -0.05) is 97.1 Å². The van der Waals surface area contributed by atoms with E-state index < -0.39 is 0 Å². The highest BCUT2D eigenvalue weighted by Crippen LogP contribution is 2.40. The zero-order valence-electron chi connectivity index (χ0n) is 26.7. The van der Waals surface area contributed by atoms with Crippen LogP contribution < -0.4 is 0 Å². The van der Waals surface area contributed by atoms with Crippen LogP contribution in [0.25, 0.3) is 77.2 Å². The van der Waals surface area contributed by atoms with Crippen molar-refractivity contribution in [3.63, 3.8) is 0 Å². The Morgan fingerprint density at radius 2 is 0.960 bits per heavy atom. The predicted octanol–water partition coefficient (Wildman–Crippen LogP) is 10.8. The zero-order valence-corrected chi connectivity index (χ0v) is 26.7. The fraction of sp³-hybridized carbons (Fsp3) is 0. The first-order valence-electron chi connectivity index (χ1n) is 16.3. The third kappa shape index (κ3) is 4.31. The number of para-hydroxylation sites is 4. The molecule has 50 heavy (non-hydrogen) atoms. The lowest BCUT2D eigenvalue weighted by atomic mass is 9.95. The Labute approximate surface area is 287 Å². The molecule has 0 bridgehead atoms. The maximum absolute atomic E-state index is 10.4. The molecule has 9 rings (SSSR count). The molecule has 0 spiro atoms. The van der Waals surface area contributed by atoms with E-state index >= 15 is 0 Å². The molecule has 0 aliphatic carbocycles. The first kappa shape index (κ1) is 28.8. The summed E-state index contributed by atoms with van der Waals surface area (Å²) in [5.41, 5.74) is 11.0. The quantitative estimate of drug-likeness (QED) is 0.193. The summed E-state index contributed by atoms with van der Waals surface area (Å²) in [6.07, 6.45) is 0. The molecule has 0 amide bonds. The van der Waals surface area contributed by atoms with Gasteiger partial charge in [0.25, 0.3) is 0 Å². The zero-order chi connectivity index (χ0) is 33.8. The number of hydrogen-bond donors (Lipinski definition) is 0. The Morgan fingerprint density at radius 3 is 1.62 bits per heavy atom. The Balaban J connectivity index is 1.26. The largest absolute Gasteiger partial charge is 0.308 e. The maximum Gasteiger partial charge on any atom is 0.101 e. The Morgan fingerprint density at radius 1 is 0.380 bits per heavy atom. The van der Waals surface area contributed by atoms with Gasteiger partial charge in [-0.25, -0.2) is 0 Å². The standard InChI is InChI=1S/C45H25N5/c46-26-29-19-22-39-38-14-1-4-16-40(38)49(44(39)23-29)43-25-31(20-21-33(43)27-47)30-9-7-10-32(24-30)35-15-8-11-34(28-48)45(35)50-41-17-5-2-12-36(41)37-13-3-6-18-42(37)50/h1-25H. The van der Waals surface area contributed by atoms with Crippen molar-refractivity contribution < 1.29 is 0 Å². The summed E-state index contributed by atoms with van der Waals surface area (Å²) in [5, 5.41) is 34.8.